The number of ether oxygens (including phenoxy) is 2. The first-order valence-corrected chi connectivity index (χ1v) is 12.2. The van der Waals surface area contributed by atoms with Crippen molar-refractivity contribution in [1.29, 1.82) is 0 Å². The van der Waals surface area contributed by atoms with Gasteiger partial charge >= 0.3 is 0 Å². The molecule has 1 saturated heterocycles. The van der Waals surface area contributed by atoms with E-state index in [9.17, 15) is 13.2 Å². The Morgan fingerprint density at radius 3 is 2.06 bits per heavy atom. The molecule has 0 saturated carbocycles. The summed E-state index contributed by atoms with van der Waals surface area (Å²) >= 11 is 0. The summed E-state index contributed by atoms with van der Waals surface area (Å²) in [5.41, 5.74) is 3.99. The number of amides is 1. The molecule has 8 heteroatoms. The van der Waals surface area contributed by atoms with Crippen molar-refractivity contribution in [3.8, 4) is 11.5 Å². The van der Waals surface area contributed by atoms with Crippen LogP contribution in [0.3, 0.4) is 0 Å². The van der Waals surface area contributed by atoms with E-state index in [-0.39, 0.29) is 19.0 Å². The Morgan fingerprint density at radius 1 is 0.938 bits per heavy atom. The number of rotatable bonds is 6. The number of benzene rings is 2. The largest absolute Gasteiger partial charge is 0.493 e. The van der Waals surface area contributed by atoms with Crippen molar-refractivity contribution in [2.75, 3.05) is 39.9 Å². The molecule has 3 rings (SSSR count). The van der Waals surface area contributed by atoms with Gasteiger partial charge in [-0.05, 0) is 75.1 Å². The van der Waals surface area contributed by atoms with Gasteiger partial charge in [-0.15, -0.1) is 0 Å². The molecule has 1 fully saturated rings. The van der Waals surface area contributed by atoms with E-state index in [1.54, 1.807) is 30.2 Å². The van der Waals surface area contributed by atoms with Gasteiger partial charge in [0.25, 0.3) is 5.91 Å². The Morgan fingerprint density at radius 2 is 1.53 bits per heavy atom. The van der Waals surface area contributed by atoms with E-state index in [0.717, 1.165) is 22.3 Å². The average Bonchev–Trinajstić information content (AvgIpc) is 2.77. The number of sulfonamides is 1. The van der Waals surface area contributed by atoms with Crippen molar-refractivity contribution >= 4 is 15.9 Å². The third kappa shape index (κ3) is 4.47. The highest BCUT2D eigenvalue weighted by Crippen LogP contribution is 2.31. The molecule has 1 heterocycles. The third-order valence-corrected chi connectivity index (χ3v) is 8.30. The van der Waals surface area contributed by atoms with Gasteiger partial charge in [0.1, 0.15) is 0 Å². The standard InChI is InChI=1S/C24H32N2O5S/c1-7-31-22-15-20(8-9-21(22)30-6)24(27)25-10-12-26(13-11-25)32(28,29)23-18(4)16(2)14-17(3)19(23)5/h8-9,14-15H,7,10-13H2,1-6H3. The Balaban J connectivity index is 1.78. The van der Waals surface area contributed by atoms with Crippen LogP contribution in [0.4, 0.5) is 0 Å². The lowest BCUT2D eigenvalue weighted by Crippen LogP contribution is -2.50. The normalized spacial score (nSPS) is 15.0. The molecule has 1 amide bonds. The zero-order valence-electron chi connectivity index (χ0n) is 19.7. The van der Waals surface area contributed by atoms with Crippen molar-refractivity contribution < 1.29 is 22.7 Å². The molecule has 2 aromatic carbocycles. The van der Waals surface area contributed by atoms with Crippen molar-refractivity contribution in [3.63, 3.8) is 0 Å². The minimum absolute atomic E-state index is 0.149. The number of nitrogens with zero attached hydrogens (tertiary/aromatic N) is 2. The van der Waals surface area contributed by atoms with Gasteiger partial charge < -0.3 is 14.4 Å². The van der Waals surface area contributed by atoms with Crippen molar-refractivity contribution in [3.05, 3.63) is 52.1 Å². The summed E-state index contributed by atoms with van der Waals surface area (Å²) in [6, 6.07) is 7.11. The van der Waals surface area contributed by atoms with Gasteiger partial charge in [0.2, 0.25) is 10.0 Å². The van der Waals surface area contributed by atoms with Gasteiger partial charge in [0.05, 0.1) is 18.6 Å². The Hall–Kier alpha value is -2.58. The lowest BCUT2D eigenvalue weighted by Gasteiger charge is -2.35. The number of aryl methyl sites for hydroxylation is 2. The number of methoxy groups -OCH3 is 1. The zero-order valence-corrected chi connectivity index (χ0v) is 20.5. The molecule has 0 N–H and O–H groups in total. The van der Waals surface area contributed by atoms with Crippen LogP contribution in [0.2, 0.25) is 0 Å². The average molecular weight is 461 g/mol. The molecule has 0 spiro atoms. The molecule has 1 aliphatic heterocycles. The number of carbonyl (C=O) groups excluding carboxylic acids is 1. The fourth-order valence-corrected chi connectivity index (χ4v) is 6.09. The quantitative estimate of drug-likeness (QED) is 0.660. The van der Waals surface area contributed by atoms with E-state index in [1.165, 1.54) is 4.31 Å². The van der Waals surface area contributed by atoms with Crippen molar-refractivity contribution in [2.45, 2.75) is 39.5 Å². The Kier molecular flexibility index (Phi) is 7.15. The lowest BCUT2D eigenvalue weighted by atomic mass is 10.0. The molecule has 174 valence electrons. The summed E-state index contributed by atoms with van der Waals surface area (Å²) in [6.45, 7) is 11.1. The van der Waals surface area contributed by atoms with E-state index in [4.69, 9.17) is 9.47 Å². The highest BCUT2D eigenvalue weighted by atomic mass is 32.2. The minimum atomic E-state index is -3.65. The number of hydrogen-bond acceptors (Lipinski definition) is 5. The van der Waals surface area contributed by atoms with E-state index >= 15 is 0 Å². The molecule has 0 radical (unpaired) electrons. The number of carbonyl (C=O) groups is 1. The fraction of sp³-hybridized carbons (Fsp3) is 0.458. The molecule has 1 aliphatic rings. The van der Waals surface area contributed by atoms with Gasteiger partial charge in [-0.2, -0.15) is 4.31 Å². The molecule has 0 unspecified atom stereocenters. The topological polar surface area (TPSA) is 76.2 Å². The van der Waals surface area contributed by atoms with Crippen LogP contribution in [-0.4, -0.2) is 63.4 Å². The van der Waals surface area contributed by atoms with Crippen LogP contribution < -0.4 is 9.47 Å². The summed E-state index contributed by atoms with van der Waals surface area (Å²) in [6.07, 6.45) is 0. The van der Waals surface area contributed by atoms with Crippen molar-refractivity contribution in [1.82, 2.24) is 9.21 Å². The molecular weight excluding hydrogens is 428 g/mol. The molecular formula is C24H32N2O5S. The molecule has 0 aliphatic carbocycles. The van der Waals surface area contributed by atoms with Crippen LogP contribution in [0.1, 0.15) is 39.5 Å². The van der Waals surface area contributed by atoms with E-state index in [0.29, 0.717) is 41.7 Å². The molecule has 0 aromatic heterocycles. The smallest absolute Gasteiger partial charge is 0.254 e. The third-order valence-electron chi connectivity index (χ3n) is 6.13. The van der Waals surface area contributed by atoms with Gasteiger partial charge in [-0.1, -0.05) is 6.07 Å². The SMILES string of the molecule is CCOc1cc(C(=O)N2CCN(S(=O)(=O)c3c(C)c(C)cc(C)c3C)CC2)ccc1OC. The maximum Gasteiger partial charge on any atom is 0.254 e. The predicted octanol–water partition coefficient (Wildman–Crippen LogP) is 3.47. The van der Waals surface area contributed by atoms with E-state index in [1.807, 2.05) is 40.7 Å². The second kappa shape index (κ2) is 9.50. The highest BCUT2D eigenvalue weighted by Gasteiger charge is 2.33. The van der Waals surface area contributed by atoms with Crippen molar-refractivity contribution in [2.24, 2.45) is 0 Å². The molecule has 0 bridgehead atoms. The summed E-state index contributed by atoms with van der Waals surface area (Å²) in [4.78, 5) is 15.1. The first-order valence-electron chi connectivity index (χ1n) is 10.8. The first kappa shape index (κ1) is 24.1. The maximum absolute atomic E-state index is 13.5. The van der Waals surface area contributed by atoms with Gasteiger partial charge in [0, 0.05) is 31.7 Å². The first-order chi connectivity index (χ1) is 15.1. The van der Waals surface area contributed by atoms with Crippen LogP contribution in [0.5, 0.6) is 11.5 Å². The molecule has 0 atom stereocenters. The molecule has 32 heavy (non-hydrogen) atoms. The number of piperazine rings is 1. The maximum atomic E-state index is 13.5. The van der Waals surface area contributed by atoms with Crippen LogP contribution in [0.15, 0.2) is 29.2 Å². The summed E-state index contributed by atoms with van der Waals surface area (Å²) in [7, 11) is -2.09. The molecule has 7 nitrogen and oxygen atoms in total. The predicted molar refractivity (Wildman–Crippen MR) is 124 cm³/mol. The summed E-state index contributed by atoms with van der Waals surface area (Å²) in [5.74, 6) is 0.936. The Bertz CT molecular complexity index is 1090. The Labute approximate surface area is 191 Å². The molecule has 2 aromatic rings. The second-order valence-corrected chi connectivity index (χ2v) is 9.96. The monoisotopic (exact) mass is 460 g/mol. The van der Waals surface area contributed by atoms with Gasteiger partial charge in [0.15, 0.2) is 11.5 Å². The van der Waals surface area contributed by atoms with Crippen LogP contribution >= 0.6 is 0 Å². The van der Waals surface area contributed by atoms with Crippen LogP contribution in [0.25, 0.3) is 0 Å². The fourth-order valence-electron chi connectivity index (χ4n) is 4.09. The minimum Gasteiger partial charge on any atom is -0.493 e. The summed E-state index contributed by atoms with van der Waals surface area (Å²) in [5, 5.41) is 0. The van der Waals surface area contributed by atoms with Crippen LogP contribution in [0, 0.1) is 27.7 Å². The van der Waals surface area contributed by atoms with E-state index in [2.05, 4.69) is 0 Å². The summed E-state index contributed by atoms with van der Waals surface area (Å²) < 4.78 is 39.3. The van der Waals surface area contributed by atoms with Gasteiger partial charge in [-0.25, -0.2) is 8.42 Å². The zero-order chi connectivity index (χ0) is 23.6. The van der Waals surface area contributed by atoms with Crippen LogP contribution in [-0.2, 0) is 10.0 Å². The van der Waals surface area contributed by atoms with Gasteiger partial charge in [-0.3, -0.25) is 4.79 Å². The van der Waals surface area contributed by atoms with E-state index < -0.39 is 10.0 Å². The highest BCUT2D eigenvalue weighted by molar-refractivity contribution is 7.89. The number of hydrogen-bond donors (Lipinski definition) is 0. The second-order valence-electron chi connectivity index (χ2n) is 8.08. The lowest BCUT2D eigenvalue weighted by molar-refractivity contribution is 0.0697.